The smallest absolute Gasteiger partial charge is 0.253 e. The van der Waals surface area contributed by atoms with E-state index in [1.54, 1.807) is 30.5 Å². The van der Waals surface area contributed by atoms with E-state index >= 15 is 0 Å². The normalized spacial score (nSPS) is 14.1. The third kappa shape index (κ3) is 5.72. The number of halogens is 1. The van der Waals surface area contributed by atoms with E-state index in [2.05, 4.69) is 20.3 Å². The molecule has 0 bridgehead atoms. The van der Waals surface area contributed by atoms with E-state index in [4.69, 9.17) is 0 Å². The fourth-order valence-corrected chi connectivity index (χ4v) is 5.24. The second-order valence-electron chi connectivity index (χ2n) is 10.5. The van der Waals surface area contributed by atoms with Gasteiger partial charge in [-0.3, -0.25) is 14.6 Å². The molecule has 1 aliphatic heterocycles. The zero-order valence-electron chi connectivity index (χ0n) is 22.7. The SMILES string of the molecule is C[C@@H](NC(=O)c1cc(C(=O)N2CCCCC2)cc(-c2cnc(-c3cc4ccccc4cn3)[nH]2)c1)c1ccc(F)cc1. The van der Waals surface area contributed by atoms with Gasteiger partial charge in [-0.05, 0) is 73.5 Å². The van der Waals surface area contributed by atoms with Gasteiger partial charge < -0.3 is 15.2 Å². The summed E-state index contributed by atoms with van der Waals surface area (Å²) in [7, 11) is 0. The lowest BCUT2D eigenvalue weighted by Gasteiger charge is -2.27. The van der Waals surface area contributed by atoms with Crippen LogP contribution in [0.4, 0.5) is 4.39 Å². The molecule has 3 aromatic carbocycles. The van der Waals surface area contributed by atoms with E-state index in [0.717, 1.165) is 35.6 Å². The van der Waals surface area contributed by atoms with Crippen LogP contribution in [0.1, 0.15) is 58.5 Å². The molecule has 6 rings (SSSR count). The van der Waals surface area contributed by atoms with E-state index in [0.29, 0.717) is 47.0 Å². The van der Waals surface area contributed by atoms with Crippen LogP contribution in [-0.4, -0.2) is 44.8 Å². The van der Waals surface area contributed by atoms with Gasteiger partial charge >= 0.3 is 0 Å². The minimum absolute atomic E-state index is 0.0943. The summed E-state index contributed by atoms with van der Waals surface area (Å²) >= 11 is 0. The summed E-state index contributed by atoms with van der Waals surface area (Å²) in [5, 5.41) is 5.08. The van der Waals surface area contributed by atoms with Crippen molar-refractivity contribution < 1.29 is 14.0 Å². The highest BCUT2D eigenvalue weighted by molar-refractivity contribution is 6.01. The number of hydrogen-bond donors (Lipinski definition) is 2. The molecule has 5 aromatic rings. The minimum atomic E-state index is -0.356. The predicted octanol–water partition coefficient (Wildman–Crippen LogP) is 6.55. The number of imidazole rings is 1. The van der Waals surface area contributed by atoms with Gasteiger partial charge in [-0.15, -0.1) is 0 Å². The maximum atomic E-state index is 13.5. The number of H-pyrrole nitrogens is 1. The first kappa shape index (κ1) is 26.4. The van der Waals surface area contributed by atoms with Crippen molar-refractivity contribution in [2.75, 3.05) is 13.1 Å². The second kappa shape index (κ2) is 11.3. The number of amides is 2. The van der Waals surface area contributed by atoms with E-state index in [1.807, 2.05) is 54.4 Å². The first-order valence-corrected chi connectivity index (χ1v) is 13.9. The summed E-state index contributed by atoms with van der Waals surface area (Å²) < 4.78 is 13.4. The fraction of sp³-hybridized carbons (Fsp3) is 0.212. The zero-order valence-corrected chi connectivity index (χ0v) is 22.7. The van der Waals surface area contributed by atoms with Crippen LogP contribution in [0.15, 0.2) is 85.2 Å². The predicted molar refractivity (Wildman–Crippen MR) is 157 cm³/mol. The van der Waals surface area contributed by atoms with E-state index < -0.39 is 0 Å². The maximum Gasteiger partial charge on any atom is 0.253 e. The molecule has 0 unspecified atom stereocenters. The fourth-order valence-electron chi connectivity index (χ4n) is 5.24. The molecule has 2 amide bonds. The molecular formula is C33H30FN5O2. The van der Waals surface area contributed by atoms with Crippen LogP contribution in [0.2, 0.25) is 0 Å². The van der Waals surface area contributed by atoms with Gasteiger partial charge in [0.1, 0.15) is 11.5 Å². The number of carbonyl (C=O) groups is 2. The van der Waals surface area contributed by atoms with Gasteiger partial charge in [0.2, 0.25) is 0 Å². The highest BCUT2D eigenvalue weighted by Crippen LogP contribution is 2.27. The summed E-state index contributed by atoms with van der Waals surface area (Å²) in [5.74, 6) is -0.163. The van der Waals surface area contributed by atoms with E-state index in [1.165, 1.54) is 12.1 Å². The molecule has 1 fully saturated rings. The zero-order chi connectivity index (χ0) is 28.3. The Morgan fingerprint density at radius 3 is 2.39 bits per heavy atom. The monoisotopic (exact) mass is 547 g/mol. The Labute approximate surface area is 237 Å². The van der Waals surface area contributed by atoms with Gasteiger partial charge in [-0.2, -0.15) is 0 Å². The van der Waals surface area contributed by atoms with Gasteiger partial charge in [0.15, 0.2) is 5.82 Å². The number of aromatic amines is 1. The van der Waals surface area contributed by atoms with Crippen molar-refractivity contribution in [3.63, 3.8) is 0 Å². The number of fused-ring (bicyclic) bond motifs is 1. The van der Waals surface area contributed by atoms with Gasteiger partial charge in [-0.1, -0.05) is 36.4 Å². The Balaban J connectivity index is 1.33. The molecule has 0 radical (unpaired) electrons. The highest BCUT2D eigenvalue weighted by Gasteiger charge is 2.22. The summed E-state index contributed by atoms with van der Waals surface area (Å²) in [6, 6.07) is 20.9. The standard InChI is InChI=1S/C33H30FN5O2/c1-21(22-9-11-28(34)12-10-22)37-32(40)26-15-25(16-27(17-26)33(41)39-13-5-2-6-14-39)30-20-36-31(38-30)29-18-23-7-3-4-8-24(23)19-35-29/h3-4,7-12,15-21H,2,5-6,13-14H2,1H3,(H,36,38)(H,37,40)/t21-/m1/s1. The molecule has 1 saturated heterocycles. The molecule has 3 heterocycles. The minimum Gasteiger partial charge on any atom is -0.346 e. The third-order valence-electron chi connectivity index (χ3n) is 7.56. The molecule has 1 aliphatic rings. The lowest BCUT2D eigenvalue weighted by Crippen LogP contribution is -2.35. The van der Waals surface area contributed by atoms with E-state index in [-0.39, 0.29) is 23.7 Å². The van der Waals surface area contributed by atoms with Crippen molar-refractivity contribution in [3.8, 4) is 22.8 Å². The molecule has 0 aliphatic carbocycles. The number of piperidine rings is 1. The summed E-state index contributed by atoms with van der Waals surface area (Å²) in [5.41, 5.74) is 3.62. The molecule has 41 heavy (non-hydrogen) atoms. The molecular weight excluding hydrogens is 517 g/mol. The molecule has 2 aromatic heterocycles. The van der Waals surface area contributed by atoms with Crippen LogP contribution >= 0.6 is 0 Å². The number of carbonyl (C=O) groups excluding carboxylic acids is 2. The van der Waals surface area contributed by atoms with Crippen LogP contribution < -0.4 is 5.32 Å². The number of likely N-dealkylation sites (tertiary alicyclic amines) is 1. The lowest BCUT2D eigenvalue weighted by molar-refractivity contribution is 0.0724. The molecule has 206 valence electrons. The van der Waals surface area contributed by atoms with Crippen LogP contribution in [0.25, 0.3) is 33.5 Å². The summed E-state index contributed by atoms with van der Waals surface area (Å²) in [6.07, 6.45) is 6.56. The van der Waals surface area contributed by atoms with Crippen LogP contribution in [-0.2, 0) is 0 Å². The summed E-state index contributed by atoms with van der Waals surface area (Å²) in [4.78, 5) is 41.2. The Morgan fingerprint density at radius 2 is 1.61 bits per heavy atom. The lowest BCUT2D eigenvalue weighted by atomic mass is 10.0. The molecule has 1 atom stereocenters. The average molecular weight is 548 g/mol. The first-order chi connectivity index (χ1) is 19.9. The number of pyridine rings is 1. The Morgan fingerprint density at radius 1 is 0.878 bits per heavy atom. The van der Waals surface area contributed by atoms with Crippen LogP contribution in [0, 0.1) is 5.82 Å². The van der Waals surface area contributed by atoms with Gasteiger partial charge in [-0.25, -0.2) is 9.37 Å². The topological polar surface area (TPSA) is 91.0 Å². The number of hydrogen-bond acceptors (Lipinski definition) is 4. The first-order valence-electron chi connectivity index (χ1n) is 13.9. The third-order valence-corrected chi connectivity index (χ3v) is 7.56. The molecule has 2 N–H and O–H groups in total. The number of nitrogens with one attached hydrogen (secondary N) is 2. The summed E-state index contributed by atoms with van der Waals surface area (Å²) in [6.45, 7) is 3.24. The van der Waals surface area contributed by atoms with Crippen molar-refractivity contribution in [2.24, 2.45) is 0 Å². The Kier molecular flexibility index (Phi) is 7.29. The van der Waals surface area contributed by atoms with Gasteiger partial charge in [0.05, 0.1) is 17.9 Å². The van der Waals surface area contributed by atoms with E-state index in [9.17, 15) is 14.0 Å². The largest absolute Gasteiger partial charge is 0.346 e. The Bertz CT molecular complexity index is 1720. The maximum absolute atomic E-state index is 13.5. The number of benzene rings is 3. The van der Waals surface area contributed by atoms with Gasteiger partial charge in [0.25, 0.3) is 11.8 Å². The Hall–Kier alpha value is -4.85. The molecule has 7 nitrogen and oxygen atoms in total. The highest BCUT2D eigenvalue weighted by atomic mass is 19.1. The van der Waals surface area contributed by atoms with Crippen LogP contribution in [0.5, 0.6) is 0 Å². The van der Waals surface area contributed by atoms with Crippen molar-refractivity contribution in [2.45, 2.75) is 32.2 Å². The molecule has 0 spiro atoms. The quantitative estimate of drug-likeness (QED) is 0.252. The average Bonchev–Trinajstić information content (AvgIpc) is 3.51. The van der Waals surface area contributed by atoms with Gasteiger partial charge in [0, 0.05) is 41.4 Å². The van der Waals surface area contributed by atoms with Crippen LogP contribution in [0.3, 0.4) is 0 Å². The second-order valence-corrected chi connectivity index (χ2v) is 10.5. The number of rotatable bonds is 6. The van der Waals surface area contributed by atoms with Crippen molar-refractivity contribution in [1.29, 1.82) is 0 Å². The number of aromatic nitrogens is 3. The van der Waals surface area contributed by atoms with Crippen molar-refractivity contribution >= 4 is 22.6 Å². The van der Waals surface area contributed by atoms with Crippen molar-refractivity contribution in [3.05, 3.63) is 108 Å². The molecule has 0 saturated carbocycles. The number of nitrogens with zero attached hydrogens (tertiary/aromatic N) is 3. The van der Waals surface area contributed by atoms with Crippen molar-refractivity contribution in [1.82, 2.24) is 25.2 Å². The molecule has 8 heteroatoms.